The van der Waals surface area contributed by atoms with Crippen molar-refractivity contribution in [3.63, 3.8) is 0 Å². The lowest BCUT2D eigenvalue weighted by Crippen LogP contribution is -2.40. The first-order valence-electron chi connectivity index (χ1n) is 8.03. The van der Waals surface area contributed by atoms with E-state index in [2.05, 4.69) is 20.8 Å². The van der Waals surface area contributed by atoms with E-state index in [0.717, 1.165) is 23.0 Å². The van der Waals surface area contributed by atoms with Crippen LogP contribution in [0.15, 0.2) is 22.7 Å². The van der Waals surface area contributed by atoms with Crippen LogP contribution in [0.5, 0.6) is 0 Å². The van der Waals surface area contributed by atoms with Crippen LogP contribution in [-0.2, 0) is 0 Å². The van der Waals surface area contributed by atoms with Crippen molar-refractivity contribution < 1.29 is 4.79 Å². The van der Waals surface area contributed by atoms with E-state index in [1.165, 1.54) is 38.5 Å². The molecule has 1 aliphatic heterocycles. The summed E-state index contributed by atoms with van der Waals surface area (Å²) in [6.45, 7) is 0.905. The summed E-state index contributed by atoms with van der Waals surface area (Å²) in [5, 5.41) is 0. The molecule has 3 rings (SSSR count). The number of likely N-dealkylation sites (tertiary alicyclic amines) is 1. The van der Waals surface area contributed by atoms with Crippen LogP contribution in [0.25, 0.3) is 0 Å². The number of hydrogen-bond donors (Lipinski definition) is 1. The molecule has 1 amide bonds. The Labute approximate surface area is 135 Å². The predicted octanol–water partition coefficient (Wildman–Crippen LogP) is 4.22. The highest BCUT2D eigenvalue weighted by molar-refractivity contribution is 9.10. The Morgan fingerprint density at radius 2 is 1.90 bits per heavy atom. The number of benzene rings is 1. The van der Waals surface area contributed by atoms with Gasteiger partial charge < -0.3 is 10.6 Å². The van der Waals surface area contributed by atoms with E-state index in [-0.39, 0.29) is 5.91 Å². The van der Waals surface area contributed by atoms with E-state index in [0.29, 0.717) is 17.6 Å². The lowest BCUT2D eigenvalue weighted by atomic mass is 9.83. The number of amides is 1. The zero-order chi connectivity index (χ0) is 14.8. The van der Waals surface area contributed by atoms with Gasteiger partial charge in [-0.1, -0.05) is 19.3 Å². The summed E-state index contributed by atoms with van der Waals surface area (Å²) in [5.41, 5.74) is 7.24. The first-order chi connectivity index (χ1) is 10.2. The Bertz CT molecular complexity index is 526. The molecule has 1 aromatic rings. The van der Waals surface area contributed by atoms with E-state index in [9.17, 15) is 4.79 Å². The molecule has 4 heteroatoms. The van der Waals surface area contributed by atoms with Gasteiger partial charge in [0.05, 0.1) is 0 Å². The molecular formula is C17H23BrN2O. The average molecular weight is 351 g/mol. The smallest absolute Gasteiger partial charge is 0.254 e. The summed E-state index contributed by atoms with van der Waals surface area (Å²) in [6, 6.07) is 5.96. The van der Waals surface area contributed by atoms with Gasteiger partial charge >= 0.3 is 0 Å². The number of nitrogens with two attached hydrogens (primary N) is 1. The van der Waals surface area contributed by atoms with Crippen molar-refractivity contribution >= 4 is 27.5 Å². The van der Waals surface area contributed by atoms with Gasteiger partial charge in [-0.15, -0.1) is 0 Å². The molecule has 0 radical (unpaired) electrons. The molecule has 1 aliphatic carbocycles. The predicted molar refractivity (Wildman–Crippen MR) is 89.2 cm³/mol. The molecule has 1 heterocycles. The van der Waals surface area contributed by atoms with Gasteiger partial charge in [0.15, 0.2) is 0 Å². The van der Waals surface area contributed by atoms with Crippen LogP contribution < -0.4 is 5.73 Å². The maximum absolute atomic E-state index is 12.8. The normalized spacial score (nSPS) is 23.5. The first-order valence-corrected chi connectivity index (χ1v) is 8.82. The van der Waals surface area contributed by atoms with Crippen LogP contribution in [-0.4, -0.2) is 23.4 Å². The van der Waals surface area contributed by atoms with Crippen molar-refractivity contribution in [3.05, 3.63) is 28.2 Å². The van der Waals surface area contributed by atoms with Crippen molar-refractivity contribution in [3.8, 4) is 0 Å². The summed E-state index contributed by atoms with van der Waals surface area (Å²) in [4.78, 5) is 14.9. The summed E-state index contributed by atoms with van der Waals surface area (Å²) >= 11 is 3.42. The van der Waals surface area contributed by atoms with Gasteiger partial charge in [-0.2, -0.15) is 0 Å². The fourth-order valence-corrected chi connectivity index (χ4v) is 4.26. The number of nitrogen functional groups attached to an aromatic ring is 1. The third-order valence-corrected chi connectivity index (χ3v) is 5.69. The largest absolute Gasteiger partial charge is 0.398 e. The van der Waals surface area contributed by atoms with Crippen molar-refractivity contribution in [1.82, 2.24) is 4.90 Å². The SMILES string of the molecule is Nc1ccc(C(=O)N2CCCC2C2CCCCC2)cc1Br. The molecule has 1 saturated heterocycles. The highest BCUT2D eigenvalue weighted by Crippen LogP contribution is 2.35. The van der Waals surface area contributed by atoms with Gasteiger partial charge in [0, 0.05) is 28.3 Å². The van der Waals surface area contributed by atoms with Gasteiger partial charge in [-0.05, 0) is 65.7 Å². The molecular weight excluding hydrogens is 328 g/mol. The third kappa shape index (κ3) is 3.10. The second kappa shape index (κ2) is 6.39. The van der Waals surface area contributed by atoms with Crippen LogP contribution in [0.3, 0.4) is 0 Å². The molecule has 2 N–H and O–H groups in total. The minimum Gasteiger partial charge on any atom is -0.398 e. The highest BCUT2D eigenvalue weighted by atomic mass is 79.9. The average Bonchev–Trinajstić information content (AvgIpc) is 2.99. The molecule has 114 valence electrons. The molecule has 2 aliphatic rings. The monoisotopic (exact) mass is 350 g/mol. The van der Waals surface area contributed by atoms with Gasteiger partial charge in [0.1, 0.15) is 0 Å². The summed E-state index contributed by atoms with van der Waals surface area (Å²) in [6.07, 6.45) is 8.92. The minimum atomic E-state index is 0.170. The van der Waals surface area contributed by atoms with E-state index in [1.54, 1.807) is 0 Å². The molecule has 1 saturated carbocycles. The number of hydrogen-bond acceptors (Lipinski definition) is 2. The van der Waals surface area contributed by atoms with Crippen molar-refractivity contribution in [2.75, 3.05) is 12.3 Å². The number of anilines is 1. The molecule has 1 atom stereocenters. The quantitative estimate of drug-likeness (QED) is 0.811. The Morgan fingerprint density at radius 1 is 1.14 bits per heavy atom. The molecule has 3 nitrogen and oxygen atoms in total. The maximum atomic E-state index is 12.8. The second-order valence-electron chi connectivity index (χ2n) is 6.34. The first kappa shape index (κ1) is 14.9. The van der Waals surface area contributed by atoms with Gasteiger partial charge in [0.2, 0.25) is 0 Å². The van der Waals surface area contributed by atoms with E-state index < -0.39 is 0 Å². The van der Waals surface area contributed by atoms with Crippen molar-refractivity contribution in [1.29, 1.82) is 0 Å². The molecule has 2 fully saturated rings. The number of carbonyl (C=O) groups excluding carboxylic acids is 1. The zero-order valence-corrected chi connectivity index (χ0v) is 13.9. The van der Waals surface area contributed by atoms with E-state index >= 15 is 0 Å². The Hall–Kier alpha value is -1.03. The topological polar surface area (TPSA) is 46.3 Å². The van der Waals surface area contributed by atoms with E-state index in [4.69, 9.17) is 5.73 Å². The highest BCUT2D eigenvalue weighted by Gasteiger charge is 2.35. The molecule has 0 spiro atoms. The van der Waals surface area contributed by atoms with Crippen LogP contribution in [0, 0.1) is 5.92 Å². The number of halogens is 1. The Balaban J connectivity index is 1.77. The fraction of sp³-hybridized carbons (Fsp3) is 0.588. The lowest BCUT2D eigenvalue weighted by Gasteiger charge is -2.34. The van der Waals surface area contributed by atoms with E-state index in [1.807, 2.05) is 18.2 Å². The molecule has 1 unspecified atom stereocenters. The standard InChI is InChI=1S/C17H23BrN2O/c18-14-11-13(8-9-15(14)19)17(21)20-10-4-7-16(20)12-5-2-1-3-6-12/h8-9,11-12,16H,1-7,10,19H2. The van der Waals surface area contributed by atoms with Crippen LogP contribution in [0.4, 0.5) is 5.69 Å². The van der Waals surface area contributed by atoms with Gasteiger partial charge in [-0.25, -0.2) is 0 Å². The Morgan fingerprint density at radius 3 is 2.62 bits per heavy atom. The minimum absolute atomic E-state index is 0.170. The fourth-order valence-electron chi connectivity index (χ4n) is 3.88. The molecule has 1 aromatic carbocycles. The molecule has 0 bridgehead atoms. The summed E-state index contributed by atoms with van der Waals surface area (Å²) in [7, 11) is 0. The molecule has 21 heavy (non-hydrogen) atoms. The zero-order valence-electron chi connectivity index (χ0n) is 12.4. The number of rotatable bonds is 2. The second-order valence-corrected chi connectivity index (χ2v) is 7.20. The van der Waals surface area contributed by atoms with Gasteiger partial charge in [-0.3, -0.25) is 4.79 Å². The molecule has 0 aromatic heterocycles. The van der Waals surface area contributed by atoms with Crippen LogP contribution in [0.1, 0.15) is 55.3 Å². The van der Waals surface area contributed by atoms with Gasteiger partial charge in [0.25, 0.3) is 5.91 Å². The number of carbonyl (C=O) groups is 1. The van der Waals surface area contributed by atoms with Crippen LogP contribution >= 0.6 is 15.9 Å². The maximum Gasteiger partial charge on any atom is 0.254 e. The van der Waals surface area contributed by atoms with Crippen molar-refractivity contribution in [2.45, 2.75) is 51.0 Å². The Kier molecular flexibility index (Phi) is 4.53. The third-order valence-electron chi connectivity index (χ3n) is 5.00. The van der Waals surface area contributed by atoms with Crippen molar-refractivity contribution in [2.24, 2.45) is 5.92 Å². The summed E-state index contributed by atoms with van der Waals surface area (Å²) in [5.74, 6) is 0.881. The number of nitrogens with zero attached hydrogens (tertiary/aromatic N) is 1. The summed E-state index contributed by atoms with van der Waals surface area (Å²) < 4.78 is 0.807. The lowest BCUT2D eigenvalue weighted by molar-refractivity contribution is 0.0661. The van der Waals surface area contributed by atoms with Crippen LogP contribution in [0.2, 0.25) is 0 Å².